The molecule has 0 amide bonds. The highest BCUT2D eigenvalue weighted by molar-refractivity contribution is 5.75. The van der Waals surface area contributed by atoms with Crippen LogP contribution in [-0.4, -0.2) is 36.9 Å². The zero-order valence-electron chi connectivity index (χ0n) is 7.13. The second kappa shape index (κ2) is 5.09. The summed E-state index contributed by atoms with van der Waals surface area (Å²) in [6, 6.07) is -0.269. The van der Waals surface area contributed by atoms with Crippen molar-refractivity contribution in [1.82, 2.24) is 5.32 Å². The minimum Gasteiger partial charge on any atom is -0.464 e. The van der Waals surface area contributed by atoms with E-state index in [2.05, 4.69) is 10.1 Å². The summed E-state index contributed by atoms with van der Waals surface area (Å²) in [5, 5.41) is 11.9. The summed E-state index contributed by atoms with van der Waals surface area (Å²) in [7, 11) is 1.67. The van der Waals surface area contributed by atoms with Gasteiger partial charge in [0, 0.05) is 6.04 Å². The van der Waals surface area contributed by atoms with Crippen molar-refractivity contribution in [2.45, 2.75) is 26.0 Å². The largest absolute Gasteiger partial charge is 0.464 e. The van der Waals surface area contributed by atoms with Crippen LogP contribution in [0.2, 0.25) is 0 Å². The van der Waals surface area contributed by atoms with Crippen LogP contribution in [0.5, 0.6) is 0 Å². The van der Waals surface area contributed by atoms with Gasteiger partial charge in [-0.2, -0.15) is 0 Å². The molecule has 0 saturated heterocycles. The number of esters is 1. The smallest absolute Gasteiger partial charge is 0.336 e. The van der Waals surface area contributed by atoms with Gasteiger partial charge in [-0.1, -0.05) is 0 Å². The number of hydrogen-bond donors (Lipinski definition) is 2. The lowest BCUT2D eigenvalue weighted by molar-refractivity contribution is -0.154. The third-order valence-electron chi connectivity index (χ3n) is 1.46. The van der Waals surface area contributed by atoms with Crippen LogP contribution in [-0.2, 0) is 9.53 Å². The predicted octanol–water partition coefficient (Wildman–Crippen LogP) is -0.482. The normalized spacial score (nSPS) is 15.6. The first-order valence-electron chi connectivity index (χ1n) is 3.65. The summed E-state index contributed by atoms with van der Waals surface area (Å²) in [4.78, 5) is 10.8. The highest BCUT2D eigenvalue weighted by atomic mass is 16.5. The molecule has 66 valence electrons. The van der Waals surface area contributed by atoms with Crippen molar-refractivity contribution in [3.8, 4) is 0 Å². The molecule has 0 rings (SSSR count). The molecule has 0 aliphatic rings. The quantitative estimate of drug-likeness (QED) is 0.547. The Morgan fingerprint density at radius 3 is 2.64 bits per heavy atom. The van der Waals surface area contributed by atoms with Crippen LogP contribution in [0.25, 0.3) is 0 Å². The SMILES string of the molecule is CCOC(=O)[C@H](O)[C@H](C)NC. The Balaban J connectivity index is 3.80. The van der Waals surface area contributed by atoms with Gasteiger partial charge in [-0.25, -0.2) is 4.79 Å². The molecule has 0 aliphatic carbocycles. The number of aliphatic hydroxyl groups is 1. The number of rotatable bonds is 4. The average Bonchev–Trinajstić information content (AvgIpc) is 2.02. The fourth-order valence-electron chi connectivity index (χ4n) is 0.590. The van der Waals surface area contributed by atoms with Crippen LogP contribution < -0.4 is 5.32 Å². The average molecular weight is 161 g/mol. The van der Waals surface area contributed by atoms with Crippen LogP contribution >= 0.6 is 0 Å². The Morgan fingerprint density at radius 1 is 1.73 bits per heavy atom. The van der Waals surface area contributed by atoms with Crippen LogP contribution in [0.4, 0.5) is 0 Å². The molecule has 0 unspecified atom stereocenters. The summed E-state index contributed by atoms with van der Waals surface area (Å²) in [5.41, 5.74) is 0. The van der Waals surface area contributed by atoms with Crippen LogP contribution in [0.3, 0.4) is 0 Å². The molecule has 0 aromatic rings. The van der Waals surface area contributed by atoms with E-state index < -0.39 is 12.1 Å². The second-order valence-electron chi connectivity index (χ2n) is 2.27. The molecule has 0 fully saturated rings. The standard InChI is InChI=1S/C7H15NO3/c1-4-11-7(10)6(9)5(2)8-3/h5-6,8-9H,4H2,1-3H3/t5-,6+/m0/s1. The molecule has 11 heavy (non-hydrogen) atoms. The van der Waals surface area contributed by atoms with Gasteiger partial charge in [0.1, 0.15) is 0 Å². The maximum Gasteiger partial charge on any atom is 0.336 e. The molecular formula is C7H15NO3. The maximum absolute atomic E-state index is 10.8. The number of hydrogen-bond acceptors (Lipinski definition) is 4. The molecule has 2 N–H and O–H groups in total. The van der Waals surface area contributed by atoms with Crippen molar-refractivity contribution < 1.29 is 14.6 Å². The van der Waals surface area contributed by atoms with Gasteiger partial charge in [0.25, 0.3) is 0 Å². The van der Waals surface area contributed by atoms with E-state index in [0.717, 1.165) is 0 Å². The highest BCUT2D eigenvalue weighted by Crippen LogP contribution is 1.94. The summed E-state index contributed by atoms with van der Waals surface area (Å²) in [6.07, 6.45) is -1.07. The lowest BCUT2D eigenvalue weighted by atomic mass is 10.2. The number of carbonyl (C=O) groups is 1. The third-order valence-corrected chi connectivity index (χ3v) is 1.46. The van der Waals surface area contributed by atoms with E-state index in [-0.39, 0.29) is 6.04 Å². The number of likely N-dealkylation sites (N-methyl/N-ethyl adjacent to an activating group) is 1. The van der Waals surface area contributed by atoms with Gasteiger partial charge in [0.15, 0.2) is 6.10 Å². The minimum atomic E-state index is -1.07. The summed E-state index contributed by atoms with van der Waals surface area (Å²) in [5.74, 6) is -0.575. The van der Waals surface area contributed by atoms with Crippen molar-refractivity contribution in [3.05, 3.63) is 0 Å². The minimum absolute atomic E-state index is 0.269. The summed E-state index contributed by atoms with van der Waals surface area (Å²) < 4.78 is 4.60. The lowest BCUT2D eigenvalue weighted by Crippen LogP contribution is -2.41. The van der Waals surface area contributed by atoms with Gasteiger partial charge in [-0.05, 0) is 20.9 Å². The Bertz CT molecular complexity index is 127. The van der Waals surface area contributed by atoms with E-state index in [1.807, 2.05) is 0 Å². The second-order valence-corrected chi connectivity index (χ2v) is 2.27. The van der Waals surface area contributed by atoms with E-state index in [9.17, 15) is 9.90 Å². The Morgan fingerprint density at radius 2 is 2.27 bits per heavy atom. The molecule has 0 spiro atoms. The zero-order valence-corrected chi connectivity index (χ0v) is 7.13. The van der Waals surface area contributed by atoms with Gasteiger partial charge < -0.3 is 15.2 Å². The number of ether oxygens (including phenoxy) is 1. The van der Waals surface area contributed by atoms with E-state index in [1.165, 1.54) is 0 Å². The fourth-order valence-corrected chi connectivity index (χ4v) is 0.590. The molecule has 0 bridgehead atoms. The van der Waals surface area contributed by atoms with Gasteiger partial charge in [0.05, 0.1) is 6.61 Å². The Hall–Kier alpha value is -0.610. The van der Waals surface area contributed by atoms with E-state index in [4.69, 9.17) is 0 Å². The molecular weight excluding hydrogens is 146 g/mol. The third kappa shape index (κ3) is 3.34. The van der Waals surface area contributed by atoms with Crippen LogP contribution in [0.1, 0.15) is 13.8 Å². The Kier molecular flexibility index (Phi) is 4.81. The van der Waals surface area contributed by atoms with Crippen LogP contribution in [0, 0.1) is 0 Å². The van der Waals surface area contributed by atoms with Gasteiger partial charge in [-0.15, -0.1) is 0 Å². The van der Waals surface area contributed by atoms with Crippen molar-refractivity contribution in [2.24, 2.45) is 0 Å². The highest BCUT2D eigenvalue weighted by Gasteiger charge is 2.21. The lowest BCUT2D eigenvalue weighted by Gasteiger charge is -2.15. The molecule has 0 saturated carbocycles. The molecule has 0 radical (unpaired) electrons. The topological polar surface area (TPSA) is 58.6 Å². The number of nitrogens with one attached hydrogen (secondary N) is 1. The maximum atomic E-state index is 10.8. The monoisotopic (exact) mass is 161 g/mol. The van der Waals surface area contributed by atoms with Gasteiger partial charge in [-0.3, -0.25) is 0 Å². The van der Waals surface area contributed by atoms with Crippen molar-refractivity contribution >= 4 is 5.97 Å². The molecule has 0 heterocycles. The molecule has 2 atom stereocenters. The van der Waals surface area contributed by atoms with Crippen LogP contribution in [0.15, 0.2) is 0 Å². The van der Waals surface area contributed by atoms with Crippen molar-refractivity contribution in [2.75, 3.05) is 13.7 Å². The van der Waals surface area contributed by atoms with Gasteiger partial charge >= 0.3 is 5.97 Å². The van der Waals surface area contributed by atoms with Gasteiger partial charge in [0.2, 0.25) is 0 Å². The van der Waals surface area contributed by atoms with E-state index in [0.29, 0.717) is 6.61 Å². The molecule has 0 aromatic carbocycles. The molecule has 4 nitrogen and oxygen atoms in total. The fraction of sp³-hybridized carbons (Fsp3) is 0.857. The first-order valence-corrected chi connectivity index (χ1v) is 3.65. The van der Waals surface area contributed by atoms with Crippen molar-refractivity contribution in [1.29, 1.82) is 0 Å². The first kappa shape index (κ1) is 10.4. The summed E-state index contributed by atoms with van der Waals surface area (Å²) >= 11 is 0. The van der Waals surface area contributed by atoms with Crippen molar-refractivity contribution in [3.63, 3.8) is 0 Å². The zero-order chi connectivity index (χ0) is 8.85. The predicted molar refractivity (Wildman–Crippen MR) is 41.2 cm³/mol. The molecule has 4 heteroatoms. The molecule has 0 aliphatic heterocycles. The number of aliphatic hydroxyl groups excluding tert-OH is 1. The van der Waals surface area contributed by atoms with E-state index in [1.54, 1.807) is 20.9 Å². The molecule has 0 aromatic heterocycles. The number of carbonyl (C=O) groups excluding carboxylic acids is 1. The summed E-state index contributed by atoms with van der Waals surface area (Å²) in [6.45, 7) is 3.71. The first-order chi connectivity index (χ1) is 5.13. The van der Waals surface area contributed by atoms with E-state index >= 15 is 0 Å². The Labute approximate surface area is 66.5 Å².